The highest BCUT2D eigenvalue weighted by molar-refractivity contribution is 7.97. The Bertz CT molecular complexity index is 372. The molecule has 0 saturated carbocycles. The Morgan fingerprint density at radius 3 is 2.17 bits per heavy atom. The van der Waals surface area contributed by atoms with Crippen LogP contribution in [-0.2, 0) is 0 Å². The number of rotatable bonds is 2. The smallest absolute Gasteiger partial charge is 0.0314 e. The van der Waals surface area contributed by atoms with E-state index in [1.54, 1.807) is 0 Å². The van der Waals surface area contributed by atoms with E-state index in [0.29, 0.717) is 5.41 Å². The van der Waals surface area contributed by atoms with Crippen LogP contribution in [0.4, 0.5) is 5.69 Å². The topological polar surface area (TPSA) is 29.3 Å². The van der Waals surface area contributed by atoms with Crippen LogP contribution < -0.4 is 5.73 Å². The van der Waals surface area contributed by atoms with Gasteiger partial charge < -0.3 is 5.73 Å². The molecule has 1 heterocycles. The summed E-state index contributed by atoms with van der Waals surface area (Å²) in [5.41, 5.74) is 7.00. The highest BCUT2D eigenvalue weighted by Gasteiger charge is 2.28. The lowest BCUT2D eigenvalue weighted by Crippen LogP contribution is -2.34. The maximum absolute atomic E-state index is 5.70. The fourth-order valence-electron chi connectivity index (χ4n) is 2.49. The molecular formula is C15H24N2S. The third kappa shape index (κ3) is 3.66. The number of hydrogen-bond donors (Lipinski definition) is 1. The van der Waals surface area contributed by atoms with Gasteiger partial charge in [0.25, 0.3) is 0 Å². The van der Waals surface area contributed by atoms with E-state index in [1.165, 1.54) is 30.8 Å². The Kier molecular flexibility index (Phi) is 4.23. The number of nitrogens with two attached hydrogens (primary N) is 1. The zero-order valence-corrected chi connectivity index (χ0v) is 12.5. The molecule has 2 rings (SSSR count). The average Bonchev–Trinajstić information content (AvgIpc) is 2.32. The van der Waals surface area contributed by atoms with Gasteiger partial charge in [-0.3, -0.25) is 0 Å². The van der Waals surface area contributed by atoms with E-state index in [-0.39, 0.29) is 0 Å². The quantitative estimate of drug-likeness (QED) is 0.646. The van der Waals surface area contributed by atoms with E-state index in [9.17, 15) is 0 Å². The molecule has 2 nitrogen and oxygen atoms in total. The first-order chi connectivity index (χ1) is 8.45. The van der Waals surface area contributed by atoms with Gasteiger partial charge in [-0.25, -0.2) is 4.31 Å². The van der Waals surface area contributed by atoms with Gasteiger partial charge in [0.1, 0.15) is 0 Å². The lowest BCUT2D eigenvalue weighted by Gasteiger charge is -2.38. The van der Waals surface area contributed by atoms with E-state index in [4.69, 9.17) is 5.73 Å². The summed E-state index contributed by atoms with van der Waals surface area (Å²) in [7, 11) is 0. The number of benzene rings is 1. The van der Waals surface area contributed by atoms with Gasteiger partial charge in [0, 0.05) is 23.7 Å². The fourth-order valence-corrected chi connectivity index (χ4v) is 3.44. The minimum absolute atomic E-state index is 0.456. The van der Waals surface area contributed by atoms with Crippen LogP contribution in [0.3, 0.4) is 0 Å². The van der Waals surface area contributed by atoms with E-state index in [1.807, 2.05) is 24.1 Å². The van der Waals surface area contributed by atoms with Crippen LogP contribution >= 0.6 is 11.9 Å². The van der Waals surface area contributed by atoms with E-state index < -0.39 is 0 Å². The molecule has 0 bridgehead atoms. The summed E-state index contributed by atoms with van der Waals surface area (Å²) in [6.07, 6.45) is 2.62. The minimum atomic E-state index is 0.456. The zero-order valence-electron chi connectivity index (χ0n) is 11.6. The number of piperidine rings is 1. The van der Waals surface area contributed by atoms with Crippen molar-refractivity contribution in [3.63, 3.8) is 0 Å². The fraction of sp³-hybridized carbons (Fsp3) is 0.600. The molecule has 100 valence electrons. The molecule has 0 spiro atoms. The lowest BCUT2D eigenvalue weighted by atomic mass is 9.76. The molecule has 0 amide bonds. The van der Waals surface area contributed by atoms with Gasteiger partial charge >= 0.3 is 0 Å². The first kappa shape index (κ1) is 13.8. The third-order valence-corrected chi connectivity index (χ3v) is 4.90. The van der Waals surface area contributed by atoms with Crippen LogP contribution in [0.2, 0.25) is 0 Å². The van der Waals surface area contributed by atoms with Crippen molar-refractivity contribution in [1.29, 1.82) is 0 Å². The van der Waals surface area contributed by atoms with Gasteiger partial charge in [0.05, 0.1) is 0 Å². The Morgan fingerprint density at radius 2 is 1.67 bits per heavy atom. The molecule has 0 aromatic heterocycles. The number of nitrogens with zero attached hydrogens (tertiary/aromatic N) is 1. The predicted octanol–water partition coefficient (Wildman–Crippen LogP) is 4.03. The van der Waals surface area contributed by atoms with Gasteiger partial charge in [-0.15, -0.1) is 0 Å². The molecule has 0 unspecified atom stereocenters. The second-order valence-corrected chi connectivity index (χ2v) is 7.40. The second kappa shape index (κ2) is 5.54. The highest BCUT2D eigenvalue weighted by Crippen LogP contribution is 2.37. The first-order valence-corrected chi connectivity index (χ1v) is 7.51. The van der Waals surface area contributed by atoms with Gasteiger partial charge in [0.15, 0.2) is 0 Å². The average molecular weight is 264 g/mol. The largest absolute Gasteiger partial charge is 0.399 e. The Hall–Kier alpha value is -0.670. The maximum atomic E-state index is 5.70. The summed E-state index contributed by atoms with van der Waals surface area (Å²) >= 11 is 1.86. The molecular weight excluding hydrogens is 240 g/mol. The monoisotopic (exact) mass is 264 g/mol. The van der Waals surface area contributed by atoms with Crippen molar-refractivity contribution in [2.75, 3.05) is 18.8 Å². The lowest BCUT2D eigenvalue weighted by molar-refractivity contribution is 0.159. The zero-order chi connectivity index (χ0) is 13.2. The van der Waals surface area contributed by atoms with E-state index in [0.717, 1.165) is 11.6 Å². The molecule has 1 saturated heterocycles. The SMILES string of the molecule is CC(C)(C)C1CCN(Sc2ccc(N)cc2)CC1. The maximum Gasteiger partial charge on any atom is 0.0314 e. The summed E-state index contributed by atoms with van der Waals surface area (Å²) in [5, 5.41) is 0. The number of anilines is 1. The Labute approximate surface area is 115 Å². The van der Waals surface area contributed by atoms with E-state index >= 15 is 0 Å². The highest BCUT2D eigenvalue weighted by atomic mass is 32.2. The molecule has 18 heavy (non-hydrogen) atoms. The van der Waals surface area contributed by atoms with Crippen molar-refractivity contribution in [3.05, 3.63) is 24.3 Å². The molecule has 1 aromatic rings. The van der Waals surface area contributed by atoms with Crippen LogP contribution in [0, 0.1) is 11.3 Å². The van der Waals surface area contributed by atoms with Crippen molar-refractivity contribution in [1.82, 2.24) is 4.31 Å². The molecule has 0 radical (unpaired) electrons. The summed E-state index contributed by atoms with van der Waals surface area (Å²) in [5.74, 6) is 0.862. The van der Waals surface area contributed by atoms with Crippen molar-refractivity contribution in [3.8, 4) is 0 Å². The summed E-state index contributed by atoms with van der Waals surface area (Å²) in [4.78, 5) is 1.29. The molecule has 0 atom stereocenters. The summed E-state index contributed by atoms with van der Waals surface area (Å²) in [6.45, 7) is 9.47. The number of hydrogen-bond acceptors (Lipinski definition) is 3. The standard InChI is InChI=1S/C15H24N2S/c1-15(2,3)12-8-10-17(11-9-12)18-14-6-4-13(16)5-7-14/h4-7,12H,8-11,16H2,1-3H3. The summed E-state index contributed by atoms with van der Waals surface area (Å²) < 4.78 is 2.48. The molecule has 1 fully saturated rings. The predicted molar refractivity (Wildman–Crippen MR) is 80.5 cm³/mol. The van der Waals surface area contributed by atoms with Crippen molar-refractivity contribution >= 4 is 17.6 Å². The van der Waals surface area contributed by atoms with Crippen molar-refractivity contribution in [2.24, 2.45) is 11.3 Å². The van der Waals surface area contributed by atoms with Gasteiger partial charge in [-0.05, 0) is 60.4 Å². The van der Waals surface area contributed by atoms with Crippen molar-refractivity contribution < 1.29 is 0 Å². The van der Waals surface area contributed by atoms with Gasteiger partial charge in [-0.1, -0.05) is 20.8 Å². The van der Waals surface area contributed by atoms with Crippen LogP contribution in [-0.4, -0.2) is 17.4 Å². The molecule has 1 aliphatic heterocycles. The molecule has 1 aliphatic rings. The van der Waals surface area contributed by atoms with Crippen LogP contribution in [0.15, 0.2) is 29.2 Å². The normalized spacial score (nSPS) is 19.1. The minimum Gasteiger partial charge on any atom is -0.399 e. The molecule has 3 heteroatoms. The van der Waals surface area contributed by atoms with Crippen LogP contribution in [0.1, 0.15) is 33.6 Å². The summed E-state index contributed by atoms with van der Waals surface area (Å²) in [6, 6.07) is 8.17. The Morgan fingerprint density at radius 1 is 1.11 bits per heavy atom. The second-order valence-electron chi connectivity index (χ2n) is 6.23. The molecule has 1 aromatic carbocycles. The van der Waals surface area contributed by atoms with Gasteiger partial charge in [-0.2, -0.15) is 0 Å². The first-order valence-electron chi connectivity index (χ1n) is 6.73. The van der Waals surface area contributed by atoms with Crippen LogP contribution in [0.25, 0.3) is 0 Å². The van der Waals surface area contributed by atoms with Crippen LogP contribution in [0.5, 0.6) is 0 Å². The third-order valence-electron chi connectivity index (χ3n) is 3.79. The molecule has 2 N–H and O–H groups in total. The number of nitrogen functional groups attached to an aromatic ring is 1. The molecule has 0 aliphatic carbocycles. The van der Waals surface area contributed by atoms with Crippen molar-refractivity contribution in [2.45, 2.75) is 38.5 Å². The van der Waals surface area contributed by atoms with Gasteiger partial charge in [0.2, 0.25) is 0 Å². The Balaban J connectivity index is 1.85. The van der Waals surface area contributed by atoms with E-state index in [2.05, 4.69) is 37.2 Å².